The molecule has 1 fully saturated rings. The van der Waals surface area contributed by atoms with Crippen molar-refractivity contribution in [3.8, 4) is 0 Å². The minimum atomic E-state index is -0.0830. The van der Waals surface area contributed by atoms with Crippen molar-refractivity contribution in [1.29, 1.82) is 0 Å². The van der Waals surface area contributed by atoms with Gasteiger partial charge in [-0.3, -0.25) is 4.79 Å². The first kappa shape index (κ1) is 16.3. The van der Waals surface area contributed by atoms with Crippen LogP contribution in [0.4, 0.5) is 0 Å². The smallest absolute Gasteiger partial charge is 0.236 e. The molecule has 0 aromatic heterocycles. The minimum Gasteiger partial charge on any atom is -0.358 e. The van der Waals surface area contributed by atoms with Gasteiger partial charge in [-0.1, -0.05) is 37.6 Å². The van der Waals surface area contributed by atoms with Gasteiger partial charge in [-0.25, -0.2) is 0 Å². The fraction of sp³-hybridized carbons (Fsp3) is 0.588. The summed E-state index contributed by atoms with van der Waals surface area (Å²) >= 11 is 6.04. The van der Waals surface area contributed by atoms with Crippen LogP contribution in [0.25, 0.3) is 0 Å². The van der Waals surface area contributed by atoms with Crippen molar-refractivity contribution >= 4 is 17.5 Å². The lowest BCUT2D eigenvalue weighted by Crippen LogP contribution is -2.51. The summed E-state index contributed by atoms with van der Waals surface area (Å²) in [7, 11) is 1.70. The molecule has 1 amide bonds. The van der Waals surface area contributed by atoms with Gasteiger partial charge < -0.3 is 10.6 Å². The summed E-state index contributed by atoms with van der Waals surface area (Å²) in [6.07, 6.45) is 3.02. The van der Waals surface area contributed by atoms with E-state index in [-0.39, 0.29) is 11.9 Å². The van der Waals surface area contributed by atoms with Crippen molar-refractivity contribution in [2.45, 2.75) is 51.1 Å². The Morgan fingerprint density at radius 3 is 2.67 bits per heavy atom. The van der Waals surface area contributed by atoms with Crippen LogP contribution in [0.15, 0.2) is 24.3 Å². The predicted octanol–water partition coefficient (Wildman–Crippen LogP) is 3.34. The predicted molar refractivity (Wildman–Crippen MR) is 87.7 cm³/mol. The van der Waals surface area contributed by atoms with Crippen LogP contribution in [0.1, 0.15) is 44.6 Å². The van der Waals surface area contributed by atoms with Crippen LogP contribution in [-0.4, -0.2) is 25.0 Å². The Hall–Kier alpha value is -1.06. The average Bonchev–Trinajstić information content (AvgIpc) is 2.39. The zero-order valence-electron chi connectivity index (χ0n) is 13.0. The zero-order chi connectivity index (χ0) is 15.4. The average molecular weight is 309 g/mol. The molecule has 1 aliphatic carbocycles. The second-order valence-corrected chi connectivity index (χ2v) is 6.82. The van der Waals surface area contributed by atoms with Gasteiger partial charge in [0.15, 0.2) is 0 Å². The van der Waals surface area contributed by atoms with Gasteiger partial charge >= 0.3 is 0 Å². The molecule has 4 heteroatoms. The second kappa shape index (κ2) is 7.28. The van der Waals surface area contributed by atoms with Crippen LogP contribution in [-0.2, 0) is 4.79 Å². The van der Waals surface area contributed by atoms with E-state index in [1.165, 1.54) is 5.56 Å². The molecular weight excluding hydrogens is 284 g/mol. The summed E-state index contributed by atoms with van der Waals surface area (Å²) in [5, 5.41) is 7.06. The summed E-state index contributed by atoms with van der Waals surface area (Å²) in [5.74, 6) is 1.16. The lowest BCUT2D eigenvalue weighted by molar-refractivity contribution is -0.123. The maximum atomic E-state index is 11.9. The molecule has 0 saturated heterocycles. The number of hydrogen-bond donors (Lipinski definition) is 2. The van der Waals surface area contributed by atoms with Crippen LogP contribution in [0.2, 0.25) is 5.02 Å². The monoisotopic (exact) mass is 308 g/mol. The summed E-state index contributed by atoms with van der Waals surface area (Å²) in [5.41, 5.74) is 1.31. The summed E-state index contributed by atoms with van der Waals surface area (Å²) in [4.78, 5) is 11.9. The topological polar surface area (TPSA) is 41.1 Å². The van der Waals surface area contributed by atoms with Gasteiger partial charge in [0.1, 0.15) is 0 Å². The van der Waals surface area contributed by atoms with E-state index in [9.17, 15) is 4.79 Å². The molecule has 1 aromatic rings. The van der Waals surface area contributed by atoms with E-state index in [2.05, 4.69) is 30.5 Å². The number of benzene rings is 1. The SMILES string of the molecule is CNC(=O)C(CC(C)C)NC1CC(c2cccc(Cl)c2)C1. The second-order valence-electron chi connectivity index (χ2n) is 6.38. The van der Waals surface area contributed by atoms with Gasteiger partial charge in [-0.15, -0.1) is 0 Å². The van der Waals surface area contributed by atoms with Crippen molar-refractivity contribution in [2.75, 3.05) is 7.05 Å². The fourth-order valence-electron chi connectivity index (χ4n) is 2.97. The normalized spacial score (nSPS) is 22.7. The third-order valence-corrected chi connectivity index (χ3v) is 4.40. The van der Waals surface area contributed by atoms with Crippen LogP contribution in [0, 0.1) is 5.92 Å². The van der Waals surface area contributed by atoms with E-state index in [1.54, 1.807) is 7.05 Å². The Kier molecular flexibility index (Phi) is 5.65. The molecule has 21 heavy (non-hydrogen) atoms. The molecule has 116 valence electrons. The van der Waals surface area contributed by atoms with Crippen LogP contribution < -0.4 is 10.6 Å². The summed E-state index contributed by atoms with van der Waals surface area (Å²) < 4.78 is 0. The van der Waals surface area contributed by atoms with E-state index in [4.69, 9.17) is 11.6 Å². The number of carbonyl (C=O) groups excluding carboxylic acids is 1. The highest BCUT2D eigenvalue weighted by Gasteiger charge is 2.33. The quantitative estimate of drug-likeness (QED) is 0.846. The summed E-state index contributed by atoms with van der Waals surface area (Å²) in [6.45, 7) is 4.29. The number of halogens is 1. The highest BCUT2D eigenvalue weighted by atomic mass is 35.5. The Labute approximate surface area is 132 Å². The fourth-order valence-corrected chi connectivity index (χ4v) is 3.17. The zero-order valence-corrected chi connectivity index (χ0v) is 13.8. The lowest BCUT2D eigenvalue weighted by atomic mass is 9.75. The highest BCUT2D eigenvalue weighted by Crippen LogP contribution is 2.38. The molecule has 0 radical (unpaired) electrons. The van der Waals surface area contributed by atoms with Gasteiger partial charge in [0.05, 0.1) is 6.04 Å². The largest absolute Gasteiger partial charge is 0.358 e. The van der Waals surface area contributed by atoms with Crippen molar-refractivity contribution < 1.29 is 4.79 Å². The van der Waals surface area contributed by atoms with E-state index < -0.39 is 0 Å². The molecule has 1 unspecified atom stereocenters. The van der Waals surface area contributed by atoms with Crippen LogP contribution in [0.3, 0.4) is 0 Å². The van der Waals surface area contributed by atoms with Crippen molar-refractivity contribution in [3.63, 3.8) is 0 Å². The maximum absolute atomic E-state index is 11.9. The molecular formula is C17H25ClN2O. The molecule has 0 bridgehead atoms. The number of nitrogens with one attached hydrogen (secondary N) is 2. The molecule has 2 N–H and O–H groups in total. The molecule has 1 aromatic carbocycles. The third kappa shape index (κ3) is 4.45. The molecule has 3 nitrogen and oxygen atoms in total. The van der Waals surface area contributed by atoms with Gasteiger partial charge in [-0.05, 0) is 48.8 Å². The van der Waals surface area contributed by atoms with Gasteiger partial charge in [0.25, 0.3) is 0 Å². The van der Waals surface area contributed by atoms with Gasteiger partial charge in [0.2, 0.25) is 5.91 Å². The Balaban J connectivity index is 1.87. The van der Waals surface area contributed by atoms with Crippen molar-refractivity contribution in [3.05, 3.63) is 34.9 Å². The molecule has 2 rings (SSSR count). The van der Waals surface area contributed by atoms with Gasteiger partial charge in [0, 0.05) is 18.1 Å². The first-order valence-corrected chi connectivity index (χ1v) is 8.10. The number of carbonyl (C=O) groups is 1. The number of likely N-dealkylation sites (N-methyl/N-ethyl adjacent to an activating group) is 1. The van der Waals surface area contributed by atoms with E-state index in [0.717, 1.165) is 24.3 Å². The highest BCUT2D eigenvalue weighted by molar-refractivity contribution is 6.30. The maximum Gasteiger partial charge on any atom is 0.236 e. The summed E-state index contributed by atoms with van der Waals surface area (Å²) in [6, 6.07) is 8.44. The third-order valence-electron chi connectivity index (χ3n) is 4.17. The molecule has 1 saturated carbocycles. The van der Waals surface area contributed by atoms with E-state index in [0.29, 0.717) is 17.9 Å². The standard InChI is InChI=1S/C17H25ClN2O/c1-11(2)7-16(17(21)19-3)20-15-9-13(10-15)12-5-4-6-14(18)8-12/h4-6,8,11,13,15-16,20H,7,9-10H2,1-3H3,(H,19,21). The Morgan fingerprint density at radius 2 is 2.10 bits per heavy atom. The first-order valence-electron chi connectivity index (χ1n) is 7.72. The number of rotatable bonds is 6. The van der Waals surface area contributed by atoms with Crippen molar-refractivity contribution in [2.24, 2.45) is 5.92 Å². The molecule has 0 heterocycles. The number of amides is 1. The Morgan fingerprint density at radius 1 is 1.38 bits per heavy atom. The van der Waals surface area contributed by atoms with E-state index in [1.807, 2.05) is 18.2 Å². The molecule has 1 aliphatic rings. The van der Waals surface area contributed by atoms with Crippen LogP contribution in [0.5, 0.6) is 0 Å². The minimum absolute atomic E-state index is 0.0830. The molecule has 0 aliphatic heterocycles. The Bertz CT molecular complexity index is 483. The lowest BCUT2D eigenvalue weighted by Gasteiger charge is -2.38. The number of hydrogen-bond acceptors (Lipinski definition) is 2. The van der Waals surface area contributed by atoms with E-state index >= 15 is 0 Å². The molecule has 0 spiro atoms. The van der Waals surface area contributed by atoms with Crippen molar-refractivity contribution in [1.82, 2.24) is 10.6 Å². The first-order chi connectivity index (χ1) is 9.99. The van der Waals surface area contributed by atoms with Gasteiger partial charge in [-0.2, -0.15) is 0 Å². The van der Waals surface area contributed by atoms with Crippen LogP contribution >= 0.6 is 11.6 Å². The molecule has 1 atom stereocenters.